The minimum absolute atomic E-state index is 0.878. The maximum atomic E-state index is 4.40. The van der Waals surface area contributed by atoms with E-state index in [4.69, 9.17) is 0 Å². The second kappa shape index (κ2) is 6.77. The molecule has 17 heavy (non-hydrogen) atoms. The number of piperidine rings is 1. The summed E-state index contributed by atoms with van der Waals surface area (Å²) < 4.78 is 2.28. The molecule has 1 N–H and O–H groups in total. The van der Waals surface area contributed by atoms with Crippen molar-refractivity contribution >= 4 is 0 Å². The van der Waals surface area contributed by atoms with Crippen molar-refractivity contribution in [3.05, 3.63) is 18.2 Å². The molecule has 0 aliphatic carbocycles. The summed E-state index contributed by atoms with van der Waals surface area (Å²) >= 11 is 0. The highest BCUT2D eigenvalue weighted by atomic mass is 15.2. The number of nitrogens with one attached hydrogen (secondary N) is 1. The first kappa shape index (κ1) is 12.6. The molecule has 0 aromatic carbocycles. The van der Waals surface area contributed by atoms with E-state index in [1.54, 1.807) is 0 Å². The van der Waals surface area contributed by atoms with Crippen LogP contribution in [-0.2, 0) is 13.1 Å². The minimum atomic E-state index is 0.878. The molecule has 1 saturated heterocycles. The van der Waals surface area contributed by atoms with Gasteiger partial charge in [0.2, 0.25) is 0 Å². The van der Waals surface area contributed by atoms with E-state index in [-0.39, 0.29) is 0 Å². The van der Waals surface area contributed by atoms with E-state index in [0.29, 0.717) is 0 Å². The van der Waals surface area contributed by atoms with Crippen LogP contribution < -0.4 is 5.32 Å². The molecule has 4 heteroatoms. The van der Waals surface area contributed by atoms with Crippen LogP contribution in [0.2, 0.25) is 0 Å². The quantitative estimate of drug-likeness (QED) is 0.812. The SMILES string of the molecule is CCNCc1nccn1CCN1CCCCC1. The van der Waals surface area contributed by atoms with Crippen LogP contribution in [0.15, 0.2) is 12.4 Å². The Labute approximate surface area is 104 Å². The number of hydrogen-bond acceptors (Lipinski definition) is 3. The van der Waals surface area contributed by atoms with Gasteiger partial charge in [0, 0.05) is 25.5 Å². The van der Waals surface area contributed by atoms with Gasteiger partial charge in [0.25, 0.3) is 0 Å². The van der Waals surface area contributed by atoms with Gasteiger partial charge >= 0.3 is 0 Å². The number of hydrogen-bond donors (Lipinski definition) is 1. The van der Waals surface area contributed by atoms with Gasteiger partial charge in [-0.15, -0.1) is 0 Å². The molecule has 1 aliphatic rings. The van der Waals surface area contributed by atoms with E-state index in [2.05, 4.69) is 32.9 Å². The predicted molar refractivity (Wildman–Crippen MR) is 69.9 cm³/mol. The number of nitrogens with zero attached hydrogens (tertiary/aromatic N) is 3. The van der Waals surface area contributed by atoms with Crippen molar-refractivity contribution in [1.29, 1.82) is 0 Å². The van der Waals surface area contributed by atoms with Gasteiger partial charge in [0.05, 0.1) is 6.54 Å². The summed E-state index contributed by atoms with van der Waals surface area (Å²) in [5.41, 5.74) is 0. The van der Waals surface area contributed by atoms with Crippen molar-refractivity contribution in [3.8, 4) is 0 Å². The maximum Gasteiger partial charge on any atom is 0.122 e. The lowest BCUT2D eigenvalue weighted by atomic mass is 10.1. The van der Waals surface area contributed by atoms with Crippen LogP contribution in [0.1, 0.15) is 32.0 Å². The van der Waals surface area contributed by atoms with Crippen LogP contribution >= 0.6 is 0 Å². The monoisotopic (exact) mass is 236 g/mol. The Bertz CT molecular complexity index is 315. The van der Waals surface area contributed by atoms with E-state index < -0.39 is 0 Å². The normalized spacial score (nSPS) is 17.5. The molecule has 0 unspecified atom stereocenters. The van der Waals surface area contributed by atoms with E-state index >= 15 is 0 Å². The van der Waals surface area contributed by atoms with E-state index in [9.17, 15) is 0 Å². The van der Waals surface area contributed by atoms with Gasteiger partial charge in [-0.05, 0) is 32.5 Å². The molecule has 96 valence electrons. The highest BCUT2D eigenvalue weighted by Gasteiger charge is 2.10. The second-order valence-corrected chi connectivity index (χ2v) is 4.72. The summed E-state index contributed by atoms with van der Waals surface area (Å²) in [6.07, 6.45) is 8.15. The van der Waals surface area contributed by atoms with E-state index in [1.165, 1.54) is 32.4 Å². The van der Waals surface area contributed by atoms with Crippen LogP contribution in [0.3, 0.4) is 0 Å². The highest BCUT2D eigenvalue weighted by molar-refractivity contribution is 4.92. The van der Waals surface area contributed by atoms with Crippen LogP contribution in [0.5, 0.6) is 0 Å². The molecular formula is C13H24N4. The summed E-state index contributed by atoms with van der Waals surface area (Å²) in [5.74, 6) is 1.16. The lowest BCUT2D eigenvalue weighted by Gasteiger charge is -2.26. The van der Waals surface area contributed by atoms with Crippen molar-refractivity contribution in [2.24, 2.45) is 0 Å². The Hall–Kier alpha value is -0.870. The zero-order valence-corrected chi connectivity index (χ0v) is 10.9. The Kier molecular flexibility index (Phi) is 5.01. The van der Waals surface area contributed by atoms with Gasteiger partial charge in [0.1, 0.15) is 5.82 Å². The number of aromatic nitrogens is 2. The molecule has 0 spiro atoms. The molecule has 1 fully saturated rings. The third-order valence-electron chi connectivity index (χ3n) is 3.44. The Balaban J connectivity index is 1.79. The summed E-state index contributed by atoms with van der Waals surface area (Å²) in [4.78, 5) is 6.97. The molecule has 1 aromatic rings. The maximum absolute atomic E-state index is 4.40. The molecule has 4 nitrogen and oxygen atoms in total. The molecule has 2 heterocycles. The summed E-state index contributed by atoms with van der Waals surface area (Å²) in [7, 11) is 0. The van der Waals surface area contributed by atoms with Crippen molar-refractivity contribution in [2.45, 2.75) is 39.3 Å². The fourth-order valence-electron chi connectivity index (χ4n) is 2.38. The second-order valence-electron chi connectivity index (χ2n) is 4.72. The molecule has 0 radical (unpaired) electrons. The lowest BCUT2D eigenvalue weighted by molar-refractivity contribution is 0.220. The van der Waals surface area contributed by atoms with Gasteiger partial charge in [-0.1, -0.05) is 13.3 Å². The zero-order chi connectivity index (χ0) is 11.9. The first-order chi connectivity index (χ1) is 8.40. The topological polar surface area (TPSA) is 33.1 Å². The van der Waals surface area contributed by atoms with Crippen molar-refractivity contribution in [2.75, 3.05) is 26.2 Å². The molecule has 1 aromatic heterocycles. The Morgan fingerprint density at radius 3 is 2.82 bits per heavy atom. The largest absolute Gasteiger partial charge is 0.333 e. The first-order valence-corrected chi connectivity index (χ1v) is 6.83. The van der Waals surface area contributed by atoms with Gasteiger partial charge in [0.15, 0.2) is 0 Å². The lowest BCUT2D eigenvalue weighted by Crippen LogP contribution is -2.33. The van der Waals surface area contributed by atoms with Crippen LogP contribution in [0, 0.1) is 0 Å². The molecule has 0 amide bonds. The van der Waals surface area contributed by atoms with Gasteiger partial charge in [-0.2, -0.15) is 0 Å². The highest BCUT2D eigenvalue weighted by Crippen LogP contribution is 2.08. The number of rotatable bonds is 6. The molecule has 0 bridgehead atoms. The van der Waals surface area contributed by atoms with Gasteiger partial charge in [-0.25, -0.2) is 4.98 Å². The van der Waals surface area contributed by atoms with Crippen molar-refractivity contribution in [1.82, 2.24) is 19.8 Å². The summed E-state index contributed by atoms with van der Waals surface area (Å²) in [6.45, 7) is 8.79. The molecule has 0 atom stereocenters. The molecular weight excluding hydrogens is 212 g/mol. The first-order valence-electron chi connectivity index (χ1n) is 6.83. The van der Waals surface area contributed by atoms with Crippen LogP contribution in [-0.4, -0.2) is 40.6 Å². The zero-order valence-electron chi connectivity index (χ0n) is 10.9. The van der Waals surface area contributed by atoms with E-state index in [0.717, 1.165) is 32.0 Å². The standard InChI is InChI=1S/C13H24N4/c1-2-14-12-13-15-6-9-17(13)11-10-16-7-4-3-5-8-16/h6,9,14H,2-5,7-8,10-12H2,1H3. The van der Waals surface area contributed by atoms with Crippen molar-refractivity contribution < 1.29 is 0 Å². The Morgan fingerprint density at radius 1 is 1.24 bits per heavy atom. The van der Waals surface area contributed by atoms with Gasteiger partial charge in [-0.3, -0.25) is 0 Å². The Morgan fingerprint density at radius 2 is 2.06 bits per heavy atom. The fourth-order valence-corrected chi connectivity index (χ4v) is 2.38. The third-order valence-corrected chi connectivity index (χ3v) is 3.44. The average Bonchev–Trinajstić information content (AvgIpc) is 2.82. The van der Waals surface area contributed by atoms with Crippen LogP contribution in [0.4, 0.5) is 0 Å². The smallest absolute Gasteiger partial charge is 0.122 e. The number of imidazole rings is 1. The predicted octanol–water partition coefficient (Wildman–Crippen LogP) is 1.48. The van der Waals surface area contributed by atoms with Gasteiger partial charge < -0.3 is 14.8 Å². The third kappa shape index (κ3) is 3.82. The van der Waals surface area contributed by atoms with Crippen molar-refractivity contribution in [3.63, 3.8) is 0 Å². The molecule has 2 rings (SSSR count). The molecule has 1 aliphatic heterocycles. The van der Waals surface area contributed by atoms with E-state index in [1.807, 2.05) is 6.20 Å². The number of likely N-dealkylation sites (tertiary alicyclic amines) is 1. The summed E-state index contributed by atoms with van der Waals surface area (Å²) in [6, 6.07) is 0. The van der Waals surface area contributed by atoms with Crippen LogP contribution in [0.25, 0.3) is 0 Å². The minimum Gasteiger partial charge on any atom is -0.333 e. The molecule has 0 saturated carbocycles. The average molecular weight is 236 g/mol. The fraction of sp³-hybridized carbons (Fsp3) is 0.769. The summed E-state index contributed by atoms with van der Waals surface area (Å²) in [5, 5.41) is 3.33.